The molecule has 0 bridgehead atoms. The molecule has 0 unspecified atom stereocenters. The van der Waals surface area contributed by atoms with E-state index >= 15 is 0 Å². The van der Waals surface area contributed by atoms with Crippen LogP contribution in [0, 0.1) is 5.82 Å². The molecule has 1 aliphatic rings. The third-order valence-electron chi connectivity index (χ3n) is 3.58. The molecule has 0 spiro atoms. The van der Waals surface area contributed by atoms with Crippen molar-refractivity contribution in [1.82, 2.24) is 0 Å². The smallest absolute Gasteiger partial charge is 0.193 e. The summed E-state index contributed by atoms with van der Waals surface area (Å²) >= 11 is 0. The molecule has 1 aliphatic heterocycles. The van der Waals surface area contributed by atoms with E-state index < -0.39 is 5.82 Å². The normalized spacial score (nSPS) is 13.2. The third-order valence-corrected chi connectivity index (χ3v) is 3.58. The van der Waals surface area contributed by atoms with Crippen LogP contribution in [0.2, 0.25) is 0 Å². The summed E-state index contributed by atoms with van der Waals surface area (Å²) in [4.78, 5) is 12.4. The molecule has 2 aromatic carbocycles. The molecular weight excluding hydrogens is 271 g/mol. The molecule has 3 rings (SSSR count). The summed E-state index contributed by atoms with van der Waals surface area (Å²) in [6, 6.07) is 9.59. The van der Waals surface area contributed by atoms with E-state index in [9.17, 15) is 9.18 Å². The minimum Gasteiger partial charge on any atom is -0.494 e. The van der Waals surface area contributed by atoms with E-state index in [2.05, 4.69) is 0 Å². The van der Waals surface area contributed by atoms with Crippen molar-refractivity contribution in [1.29, 1.82) is 0 Å². The van der Waals surface area contributed by atoms with Gasteiger partial charge < -0.3 is 9.47 Å². The molecule has 3 nitrogen and oxygen atoms in total. The zero-order chi connectivity index (χ0) is 14.8. The molecule has 1 heterocycles. The summed E-state index contributed by atoms with van der Waals surface area (Å²) in [7, 11) is 1.39. The van der Waals surface area contributed by atoms with Crippen LogP contribution in [-0.4, -0.2) is 19.5 Å². The highest BCUT2D eigenvalue weighted by atomic mass is 19.1. The fraction of sp³-hybridized carbons (Fsp3) is 0.235. The van der Waals surface area contributed by atoms with Gasteiger partial charge in [0, 0.05) is 11.1 Å². The van der Waals surface area contributed by atoms with Crippen molar-refractivity contribution in [3.63, 3.8) is 0 Å². The molecule has 0 aromatic heterocycles. The molecule has 0 saturated heterocycles. The van der Waals surface area contributed by atoms with E-state index in [4.69, 9.17) is 9.47 Å². The Hall–Kier alpha value is -2.36. The highest BCUT2D eigenvalue weighted by Crippen LogP contribution is 2.27. The Morgan fingerprint density at radius 2 is 1.95 bits per heavy atom. The maximum absolute atomic E-state index is 13.7. The summed E-state index contributed by atoms with van der Waals surface area (Å²) in [6.45, 7) is 0.712. The van der Waals surface area contributed by atoms with Crippen LogP contribution in [0.15, 0.2) is 36.4 Å². The number of hydrogen-bond donors (Lipinski definition) is 0. The fourth-order valence-corrected chi connectivity index (χ4v) is 2.48. The van der Waals surface area contributed by atoms with Crippen LogP contribution in [0.5, 0.6) is 11.5 Å². The molecule has 0 N–H and O–H groups in total. The Kier molecular flexibility index (Phi) is 3.60. The minimum absolute atomic E-state index is 0.130. The Balaban J connectivity index is 1.93. The number of methoxy groups -OCH3 is 1. The average molecular weight is 286 g/mol. The Morgan fingerprint density at radius 1 is 1.19 bits per heavy atom. The monoisotopic (exact) mass is 286 g/mol. The van der Waals surface area contributed by atoms with Gasteiger partial charge in [-0.1, -0.05) is 0 Å². The number of carbonyl (C=O) groups excluding carboxylic acids is 1. The SMILES string of the molecule is COc1ccc(C(=O)c2ccc3c(c2)CCCO3)cc1F. The van der Waals surface area contributed by atoms with Crippen molar-refractivity contribution in [3.05, 3.63) is 58.9 Å². The van der Waals surface area contributed by atoms with Crippen LogP contribution in [0.1, 0.15) is 27.9 Å². The minimum atomic E-state index is -0.537. The van der Waals surface area contributed by atoms with Crippen molar-refractivity contribution in [3.8, 4) is 11.5 Å². The van der Waals surface area contributed by atoms with E-state index in [0.29, 0.717) is 17.7 Å². The Labute approximate surface area is 122 Å². The van der Waals surface area contributed by atoms with Crippen molar-refractivity contribution in [2.45, 2.75) is 12.8 Å². The van der Waals surface area contributed by atoms with Crippen molar-refractivity contribution >= 4 is 5.78 Å². The van der Waals surface area contributed by atoms with Crippen molar-refractivity contribution < 1.29 is 18.7 Å². The summed E-state index contributed by atoms with van der Waals surface area (Å²) in [5.41, 5.74) is 1.88. The van der Waals surface area contributed by atoms with Gasteiger partial charge in [0.15, 0.2) is 17.3 Å². The van der Waals surface area contributed by atoms with Gasteiger partial charge in [0.2, 0.25) is 0 Å². The molecule has 2 aromatic rings. The van der Waals surface area contributed by atoms with Crippen LogP contribution < -0.4 is 9.47 Å². The maximum atomic E-state index is 13.7. The molecule has 0 fully saturated rings. The molecule has 108 valence electrons. The fourth-order valence-electron chi connectivity index (χ4n) is 2.48. The van der Waals surface area contributed by atoms with E-state index in [1.165, 1.54) is 19.2 Å². The van der Waals surface area contributed by atoms with Crippen LogP contribution >= 0.6 is 0 Å². The summed E-state index contributed by atoms with van der Waals surface area (Å²) < 4.78 is 24.1. The standard InChI is InChI=1S/C17H15FO3/c1-20-16-7-5-13(10-14(16)18)17(19)12-4-6-15-11(9-12)3-2-8-21-15/h4-7,9-10H,2-3,8H2,1H3. The van der Waals surface area contributed by atoms with E-state index in [-0.39, 0.29) is 11.5 Å². The number of hydrogen-bond acceptors (Lipinski definition) is 3. The van der Waals surface area contributed by atoms with E-state index in [1.807, 2.05) is 12.1 Å². The predicted octanol–water partition coefficient (Wildman–Crippen LogP) is 3.39. The number of halogens is 1. The lowest BCUT2D eigenvalue weighted by atomic mass is 9.98. The first-order valence-electron chi connectivity index (χ1n) is 6.83. The van der Waals surface area contributed by atoms with Crippen LogP contribution in [-0.2, 0) is 6.42 Å². The number of aryl methyl sites for hydroxylation is 1. The van der Waals surface area contributed by atoms with Gasteiger partial charge in [0.1, 0.15) is 5.75 Å². The lowest BCUT2D eigenvalue weighted by molar-refractivity contribution is 0.103. The van der Waals surface area contributed by atoms with Gasteiger partial charge in [-0.3, -0.25) is 4.79 Å². The highest BCUT2D eigenvalue weighted by molar-refractivity contribution is 6.09. The second-order valence-corrected chi connectivity index (χ2v) is 4.95. The van der Waals surface area contributed by atoms with E-state index in [1.54, 1.807) is 12.1 Å². The van der Waals surface area contributed by atoms with Crippen molar-refractivity contribution in [2.75, 3.05) is 13.7 Å². The maximum Gasteiger partial charge on any atom is 0.193 e. The number of rotatable bonds is 3. The number of ether oxygens (including phenoxy) is 2. The predicted molar refractivity (Wildman–Crippen MR) is 76.6 cm³/mol. The molecule has 0 atom stereocenters. The topological polar surface area (TPSA) is 35.5 Å². The lowest BCUT2D eigenvalue weighted by Gasteiger charge is -2.17. The van der Waals surface area contributed by atoms with E-state index in [0.717, 1.165) is 24.2 Å². The van der Waals surface area contributed by atoms with Gasteiger partial charge in [-0.25, -0.2) is 4.39 Å². The number of ketones is 1. The highest BCUT2D eigenvalue weighted by Gasteiger charge is 2.16. The molecule has 0 radical (unpaired) electrons. The van der Waals surface area contributed by atoms with Crippen molar-refractivity contribution in [2.24, 2.45) is 0 Å². The molecule has 21 heavy (non-hydrogen) atoms. The first kappa shape index (κ1) is 13.6. The second-order valence-electron chi connectivity index (χ2n) is 4.95. The average Bonchev–Trinajstić information content (AvgIpc) is 2.53. The van der Waals surface area contributed by atoms with Gasteiger partial charge >= 0.3 is 0 Å². The van der Waals surface area contributed by atoms with Gasteiger partial charge in [0.05, 0.1) is 13.7 Å². The summed E-state index contributed by atoms with van der Waals surface area (Å²) in [6.07, 6.45) is 1.84. The van der Waals surface area contributed by atoms with Crippen LogP contribution in [0.25, 0.3) is 0 Å². The molecule has 0 aliphatic carbocycles. The quantitative estimate of drug-likeness (QED) is 0.811. The summed E-state index contributed by atoms with van der Waals surface area (Å²) in [5, 5.41) is 0. The zero-order valence-electron chi connectivity index (χ0n) is 11.7. The molecular formula is C17H15FO3. The summed E-state index contributed by atoms with van der Waals surface area (Å²) in [5.74, 6) is 0.221. The number of fused-ring (bicyclic) bond motifs is 1. The second kappa shape index (κ2) is 5.56. The van der Waals surface area contributed by atoms with Gasteiger partial charge in [0.25, 0.3) is 0 Å². The molecule has 0 amide bonds. The van der Waals surface area contributed by atoms with Gasteiger partial charge in [-0.15, -0.1) is 0 Å². The van der Waals surface area contributed by atoms with Gasteiger partial charge in [-0.05, 0) is 54.8 Å². The van der Waals surface area contributed by atoms with Gasteiger partial charge in [-0.2, -0.15) is 0 Å². The Bertz CT molecular complexity index is 694. The number of carbonyl (C=O) groups is 1. The Morgan fingerprint density at radius 3 is 2.71 bits per heavy atom. The first-order chi connectivity index (χ1) is 10.2. The largest absolute Gasteiger partial charge is 0.494 e. The third kappa shape index (κ3) is 2.61. The lowest BCUT2D eigenvalue weighted by Crippen LogP contribution is -2.10. The number of benzene rings is 2. The molecule has 4 heteroatoms. The van der Waals surface area contributed by atoms with Crippen LogP contribution in [0.4, 0.5) is 4.39 Å². The molecule has 0 saturated carbocycles. The zero-order valence-corrected chi connectivity index (χ0v) is 11.7. The first-order valence-corrected chi connectivity index (χ1v) is 6.83. The van der Waals surface area contributed by atoms with Crippen LogP contribution in [0.3, 0.4) is 0 Å².